The zero-order valence-corrected chi connectivity index (χ0v) is 12.9. The highest BCUT2D eigenvalue weighted by Crippen LogP contribution is 2.11. The normalized spacial score (nSPS) is 10.4. The first-order valence-corrected chi connectivity index (χ1v) is 7.62. The summed E-state index contributed by atoms with van der Waals surface area (Å²) in [4.78, 5) is 11.7. The number of ether oxygens (including phenoxy) is 1. The fourth-order valence-corrected chi connectivity index (χ4v) is 2.21. The number of carbonyl (C=O) groups excluding carboxylic acids is 1. The van der Waals surface area contributed by atoms with Gasteiger partial charge in [-0.2, -0.15) is 0 Å². The number of hydrogen-bond acceptors (Lipinski definition) is 3. The van der Waals surface area contributed by atoms with E-state index in [1.54, 1.807) is 12.1 Å². The van der Waals surface area contributed by atoms with Gasteiger partial charge >= 0.3 is 5.97 Å². The standard InChI is InChI=1S/C19H22O3/c1-15-5-7-16(8-6-15)3-2-4-19(21)22-14-13-17-9-11-18(20)12-10-17/h5-12,20H,2-4,13-14H2,1H3. The highest BCUT2D eigenvalue weighted by Gasteiger charge is 2.03. The second kappa shape index (κ2) is 8.23. The summed E-state index contributed by atoms with van der Waals surface area (Å²) in [6.07, 6.45) is 2.82. The number of phenolic OH excluding ortho intramolecular Hbond substituents is 1. The van der Waals surface area contributed by atoms with Crippen molar-refractivity contribution in [1.82, 2.24) is 0 Å². The van der Waals surface area contributed by atoms with Crippen LogP contribution in [0.3, 0.4) is 0 Å². The molecule has 0 radical (unpaired) electrons. The average molecular weight is 298 g/mol. The van der Waals surface area contributed by atoms with Gasteiger partial charge in [0, 0.05) is 12.8 Å². The van der Waals surface area contributed by atoms with E-state index < -0.39 is 0 Å². The van der Waals surface area contributed by atoms with Gasteiger partial charge in [-0.3, -0.25) is 4.79 Å². The van der Waals surface area contributed by atoms with E-state index in [0.29, 0.717) is 19.4 Å². The van der Waals surface area contributed by atoms with E-state index in [0.717, 1.165) is 18.4 Å². The number of aromatic hydroxyl groups is 1. The molecular weight excluding hydrogens is 276 g/mol. The van der Waals surface area contributed by atoms with E-state index >= 15 is 0 Å². The maximum atomic E-state index is 11.7. The third-order valence-electron chi connectivity index (χ3n) is 3.56. The lowest BCUT2D eigenvalue weighted by atomic mass is 10.1. The van der Waals surface area contributed by atoms with Crippen LogP contribution >= 0.6 is 0 Å². The second-order valence-electron chi connectivity index (χ2n) is 5.48. The van der Waals surface area contributed by atoms with Crippen molar-refractivity contribution in [3.05, 3.63) is 65.2 Å². The second-order valence-corrected chi connectivity index (χ2v) is 5.48. The lowest BCUT2D eigenvalue weighted by Crippen LogP contribution is -2.08. The average Bonchev–Trinajstić information content (AvgIpc) is 2.51. The summed E-state index contributed by atoms with van der Waals surface area (Å²) in [5.41, 5.74) is 3.55. The van der Waals surface area contributed by atoms with Crippen molar-refractivity contribution in [3.63, 3.8) is 0 Å². The van der Waals surface area contributed by atoms with Crippen LogP contribution < -0.4 is 0 Å². The van der Waals surface area contributed by atoms with Gasteiger partial charge in [0.2, 0.25) is 0 Å². The van der Waals surface area contributed by atoms with E-state index in [2.05, 4.69) is 31.2 Å². The van der Waals surface area contributed by atoms with Gasteiger partial charge in [-0.05, 0) is 43.0 Å². The highest BCUT2D eigenvalue weighted by atomic mass is 16.5. The molecule has 0 saturated heterocycles. The number of hydrogen-bond donors (Lipinski definition) is 1. The van der Waals surface area contributed by atoms with E-state index in [-0.39, 0.29) is 11.7 Å². The molecule has 0 fully saturated rings. The van der Waals surface area contributed by atoms with E-state index in [9.17, 15) is 9.90 Å². The van der Waals surface area contributed by atoms with Gasteiger partial charge in [-0.1, -0.05) is 42.0 Å². The Kier molecular flexibility index (Phi) is 6.01. The van der Waals surface area contributed by atoms with E-state index in [1.165, 1.54) is 11.1 Å². The molecule has 116 valence electrons. The molecule has 0 bridgehead atoms. The lowest BCUT2D eigenvalue weighted by Gasteiger charge is -2.06. The predicted octanol–water partition coefficient (Wildman–Crippen LogP) is 3.81. The van der Waals surface area contributed by atoms with Crippen molar-refractivity contribution in [2.75, 3.05) is 6.61 Å². The zero-order chi connectivity index (χ0) is 15.8. The molecule has 0 unspecified atom stereocenters. The molecule has 0 spiro atoms. The molecule has 0 amide bonds. The van der Waals surface area contributed by atoms with Crippen molar-refractivity contribution in [2.24, 2.45) is 0 Å². The minimum absolute atomic E-state index is 0.147. The van der Waals surface area contributed by atoms with E-state index in [1.807, 2.05) is 12.1 Å². The van der Waals surface area contributed by atoms with Crippen LogP contribution in [0.2, 0.25) is 0 Å². The predicted molar refractivity (Wildman–Crippen MR) is 86.9 cm³/mol. The minimum atomic E-state index is -0.147. The number of carbonyl (C=O) groups is 1. The third-order valence-corrected chi connectivity index (χ3v) is 3.56. The van der Waals surface area contributed by atoms with Crippen molar-refractivity contribution in [1.29, 1.82) is 0 Å². The summed E-state index contributed by atoms with van der Waals surface area (Å²) in [7, 11) is 0. The van der Waals surface area contributed by atoms with Gasteiger partial charge in [-0.15, -0.1) is 0 Å². The maximum absolute atomic E-state index is 11.7. The third kappa shape index (κ3) is 5.60. The first-order valence-electron chi connectivity index (χ1n) is 7.62. The summed E-state index contributed by atoms with van der Waals surface area (Å²) >= 11 is 0. The van der Waals surface area contributed by atoms with Crippen molar-refractivity contribution in [3.8, 4) is 5.75 Å². The molecule has 0 aliphatic rings. The number of phenols is 1. The molecule has 0 aliphatic carbocycles. The van der Waals surface area contributed by atoms with Crippen LogP contribution in [0.5, 0.6) is 5.75 Å². The highest BCUT2D eigenvalue weighted by molar-refractivity contribution is 5.69. The van der Waals surface area contributed by atoms with Crippen LogP contribution in [0, 0.1) is 6.92 Å². The Morgan fingerprint density at radius 3 is 2.23 bits per heavy atom. The summed E-state index contributed by atoms with van der Waals surface area (Å²) in [6, 6.07) is 15.3. The SMILES string of the molecule is Cc1ccc(CCCC(=O)OCCc2ccc(O)cc2)cc1. The molecule has 2 aromatic carbocycles. The Morgan fingerprint density at radius 2 is 1.55 bits per heavy atom. The molecule has 0 saturated carbocycles. The van der Waals surface area contributed by atoms with Gasteiger partial charge in [-0.25, -0.2) is 0 Å². The first-order chi connectivity index (χ1) is 10.6. The largest absolute Gasteiger partial charge is 0.508 e. The van der Waals surface area contributed by atoms with Gasteiger partial charge in [0.05, 0.1) is 6.61 Å². The van der Waals surface area contributed by atoms with Crippen molar-refractivity contribution in [2.45, 2.75) is 32.6 Å². The van der Waals surface area contributed by atoms with Gasteiger partial charge in [0.15, 0.2) is 0 Å². The van der Waals surface area contributed by atoms with Gasteiger partial charge in [0.25, 0.3) is 0 Å². The molecule has 2 rings (SSSR count). The topological polar surface area (TPSA) is 46.5 Å². The molecule has 2 aromatic rings. The maximum Gasteiger partial charge on any atom is 0.305 e. The Hall–Kier alpha value is -2.29. The zero-order valence-electron chi connectivity index (χ0n) is 12.9. The Balaban J connectivity index is 1.61. The quantitative estimate of drug-likeness (QED) is 0.791. The molecular formula is C19H22O3. The number of benzene rings is 2. The summed E-state index contributed by atoms with van der Waals surface area (Å²) in [5.74, 6) is 0.0998. The Bertz CT molecular complexity index is 532. The molecule has 0 heterocycles. The molecule has 3 nitrogen and oxygen atoms in total. The summed E-state index contributed by atoms with van der Waals surface area (Å²) in [6.45, 7) is 2.45. The van der Waals surface area contributed by atoms with Crippen LogP contribution in [0.15, 0.2) is 48.5 Å². The van der Waals surface area contributed by atoms with Crippen LogP contribution in [-0.2, 0) is 22.4 Å². The van der Waals surface area contributed by atoms with Gasteiger partial charge in [0.1, 0.15) is 5.75 Å². The smallest absolute Gasteiger partial charge is 0.305 e. The first kappa shape index (κ1) is 16.1. The lowest BCUT2D eigenvalue weighted by molar-refractivity contribution is -0.143. The molecule has 22 heavy (non-hydrogen) atoms. The molecule has 0 aromatic heterocycles. The minimum Gasteiger partial charge on any atom is -0.508 e. The number of esters is 1. The number of aryl methyl sites for hydroxylation is 2. The molecule has 1 N–H and O–H groups in total. The van der Waals surface area contributed by atoms with Crippen molar-refractivity contribution < 1.29 is 14.6 Å². The van der Waals surface area contributed by atoms with E-state index in [4.69, 9.17) is 4.74 Å². The summed E-state index contributed by atoms with van der Waals surface area (Å²) < 4.78 is 5.23. The fraction of sp³-hybridized carbons (Fsp3) is 0.316. The molecule has 0 aliphatic heterocycles. The van der Waals surface area contributed by atoms with Crippen LogP contribution in [0.4, 0.5) is 0 Å². The monoisotopic (exact) mass is 298 g/mol. The fourth-order valence-electron chi connectivity index (χ4n) is 2.21. The number of rotatable bonds is 7. The molecule has 3 heteroatoms. The van der Waals surface area contributed by atoms with Gasteiger partial charge < -0.3 is 9.84 Å². The Labute approximate surface area is 131 Å². The summed E-state index contributed by atoms with van der Waals surface area (Å²) in [5, 5.41) is 9.19. The van der Waals surface area contributed by atoms with Crippen LogP contribution in [0.25, 0.3) is 0 Å². The van der Waals surface area contributed by atoms with Crippen LogP contribution in [0.1, 0.15) is 29.5 Å². The van der Waals surface area contributed by atoms with Crippen LogP contribution in [-0.4, -0.2) is 17.7 Å². The molecule has 0 atom stereocenters. The van der Waals surface area contributed by atoms with Crippen molar-refractivity contribution >= 4 is 5.97 Å². The Morgan fingerprint density at radius 1 is 0.955 bits per heavy atom.